The van der Waals surface area contributed by atoms with Crippen LogP contribution in [0.4, 0.5) is 0 Å². The van der Waals surface area contributed by atoms with Crippen molar-refractivity contribution in [3.63, 3.8) is 0 Å². The number of hydrogen-bond donors (Lipinski definition) is 1. The smallest absolute Gasteiger partial charge is 0.119 e. The molecule has 0 bridgehead atoms. The SMILES string of the molecule is C=C[C@@H](c1cc(OC)ccc1Br)N1CCNCC1. The number of nitrogens with zero attached hydrogens (tertiary/aromatic N) is 1. The molecule has 0 radical (unpaired) electrons. The second kappa shape index (κ2) is 6.36. The maximum absolute atomic E-state index is 5.31. The summed E-state index contributed by atoms with van der Waals surface area (Å²) in [6, 6.07) is 6.31. The lowest BCUT2D eigenvalue weighted by Crippen LogP contribution is -2.44. The van der Waals surface area contributed by atoms with Gasteiger partial charge in [0.2, 0.25) is 0 Å². The molecule has 18 heavy (non-hydrogen) atoms. The van der Waals surface area contributed by atoms with E-state index in [0.29, 0.717) is 0 Å². The zero-order valence-corrected chi connectivity index (χ0v) is 12.2. The van der Waals surface area contributed by atoms with Gasteiger partial charge in [-0.15, -0.1) is 6.58 Å². The van der Waals surface area contributed by atoms with Gasteiger partial charge in [-0.2, -0.15) is 0 Å². The van der Waals surface area contributed by atoms with Crippen molar-refractivity contribution in [2.75, 3.05) is 33.3 Å². The Morgan fingerprint density at radius 3 is 2.78 bits per heavy atom. The van der Waals surface area contributed by atoms with Gasteiger partial charge in [-0.3, -0.25) is 4.90 Å². The Morgan fingerprint density at radius 1 is 1.44 bits per heavy atom. The van der Waals surface area contributed by atoms with Crippen LogP contribution in [0.5, 0.6) is 5.75 Å². The van der Waals surface area contributed by atoms with Gasteiger partial charge < -0.3 is 10.1 Å². The number of nitrogens with one attached hydrogen (secondary N) is 1. The summed E-state index contributed by atoms with van der Waals surface area (Å²) < 4.78 is 6.41. The minimum atomic E-state index is 0.233. The van der Waals surface area contributed by atoms with E-state index in [-0.39, 0.29) is 6.04 Å². The maximum Gasteiger partial charge on any atom is 0.119 e. The molecule has 0 unspecified atom stereocenters. The minimum absolute atomic E-state index is 0.233. The second-order valence-corrected chi connectivity index (χ2v) is 5.21. The molecule has 3 nitrogen and oxygen atoms in total. The van der Waals surface area contributed by atoms with E-state index in [9.17, 15) is 0 Å². The molecule has 1 aliphatic rings. The van der Waals surface area contributed by atoms with Crippen molar-refractivity contribution in [3.05, 3.63) is 40.9 Å². The van der Waals surface area contributed by atoms with E-state index in [2.05, 4.69) is 38.8 Å². The number of ether oxygens (including phenoxy) is 1. The summed E-state index contributed by atoms with van der Waals surface area (Å²) in [5.41, 5.74) is 1.21. The zero-order chi connectivity index (χ0) is 13.0. The van der Waals surface area contributed by atoms with Gasteiger partial charge in [0.1, 0.15) is 5.75 Å². The first-order valence-corrected chi connectivity index (χ1v) is 6.96. The first-order chi connectivity index (χ1) is 8.76. The van der Waals surface area contributed by atoms with Crippen LogP contribution < -0.4 is 10.1 Å². The predicted octanol–water partition coefficient (Wildman–Crippen LogP) is 2.59. The molecule has 1 saturated heterocycles. The summed E-state index contributed by atoms with van der Waals surface area (Å²) in [5, 5.41) is 3.37. The standard InChI is InChI=1S/C14H19BrN2O/c1-3-14(17-8-6-16-7-9-17)12-10-11(18-2)4-5-13(12)15/h3-5,10,14,16H,1,6-9H2,2H3/t14-/m0/s1. The van der Waals surface area contributed by atoms with Crippen LogP contribution in [0.2, 0.25) is 0 Å². The van der Waals surface area contributed by atoms with Crippen molar-refractivity contribution in [3.8, 4) is 5.75 Å². The molecule has 0 aliphatic carbocycles. The Bertz CT molecular complexity index is 416. The molecular weight excluding hydrogens is 292 g/mol. The molecule has 1 atom stereocenters. The van der Waals surface area contributed by atoms with Crippen LogP contribution in [0.3, 0.4) is 0 Å². The van der Waals surface area contributed by atoms with Crippen LogP contribution in [0.15, 0.2) is 35.3 Å². The lowest BCUT2D eigenvalue weighted by atomic mass is 10.0. The Hall–Kier alpha value is -0.840. The highest BCUT2D eigenvalue weighted by Gasteiger charge is 2.21. The lowest BCUT2D eigenvalue weighted by Gasteiger charge is -2.34. The summed E-state index contributed by atoms with van der Waals surface area (Å²) >= 11 is 3.62. The molecule has 0 amide bonds. The Labute approximate surface area is 117 Å². The Kier molecular flexibility index (Phi) is 4.80. The third-order valence-electron chi connectivity index (χ3n) is 3.29. The van der Waals surface area contributed by atoms with E-state index < -0.39 is 0 Å². The molecule has 1 aliphatic heterocycles. The normalized spacial score (nSPS) is 18.3. The molecule has 0 saturated carbocycles. The van der Waals surface area contributed by atoms with Crippen LogP contribution in [0.1, 0.15) is 11.6 Å². The summed E-state index contributed by atoms with van der Waals surface area (Å²) in [4.78, 5) is 2.43. The monoisotopic (exact) mass is 310 g/mol. The third kappa shape index (κ3) is 2.94. The van der Waals surface area contributed by atoms with Crippen LogP contribution >= 0.6 is 15.9 Å². The molecule has 0 spiro atoms. The first-order valence-electron chi connectivity index (χ1n) is 6.17. The molecule has 1 aromatic rings. The van der Waals surface area contributed by atoms with Gasteiger partial charge in [0.25, 0.3) is 0 Å². The van der Waals surface area contributed by atoms with E-state index in [1.165, 1.54) is 5.56 Å². The highest BCUT2D eigenvalue weighted by atomic mass is 79.9. The molecule has 1 fully saturated rings. The summed E-state index contributed by atoms with van der Waals surface area (Å²) in [7, 11) is 1.70. The van der Waals surface area contributed by atoms with Gasteiger partial charge in [-0.25, -0.2) is 0 Å². The molecule has 2 rings (SSSR count). The van der Waals surface area contributed by atoms with Crippen LogP contribution in [0.25, 0.3) is 0 Å². The van der Waals surface area contributed by atoms with Crippen LogP contribution in [0, 0.1) is 0 Å². The van der Waals surface area contributed by atoms with Crippen molar-refractivity contribution >= 4 is 15.9 Å². The van der Waals surface area contributed by atoms with Crippen molar-refractivity contribution in [1.82, 2.24) is 10.2 Å². The van der Waals surface area contributed by atoms with Crippen molar-refractivity contribution < 1.29 is 4.74 Å². The summed E-state index contributed by atoms with van der Waals surface area (Å²) in [6.07, 6.45) is 2.00. The number of halogens is 1. The van der Waals surface area contributed by atoms with Crippen molar-refractivity contribution in [1.29, 1.82) is 0 Å². The average molecular weight is 311 g/mol. The molecule has 0 aromatic heterocycles. The third-order valence-corrected chi connectivity index (χ3v) is 4.01. The molecular formula is C14H19BrN2O. The minimum Gasteiger partial charge on any atom is -0.497 e. The molecule has 1 heterocycles. The molecule has 1 aromatic carbocycles. The van der Waals surface area contributed by atoms with Crippen LogP contribution in [-0.4, -0.2) is 38.2 Å². The van der Waals surface area contributed by atoms with Crippen molar-refractivity contribution in [2.24, 2.45) is 0 Å². The fraction of sp³-hybridized carbons (Fsp3) is 0.429. The first kappa shape index (κ1) is 13.6. The number of hydrogen-bond acceptors (Lipinski definition) is 3. The topological polar surface area (TPSA) is 24.5 Å². The quantitative estimate of drug-likeness (QED) is 0.865. The van der Waals surface area contributed by atoms with Gasteiger partial charge in [-0.1, -0.05) is 22.0 Å². The largest absolute Gasteiger partial charge is 0.497 e. The van der Waals surface area contributed by atoms with E-state index in [0.717, 1.165) is 36.4 Å². The highest BCUT2D eigenvalue weighted by molar-refractivity contribution is 9.10. The Balaban J connectivity index is 2.28. The number of methoxy groups -OCH3 is 1. The number of benzene rings is 1. The predicted molar refractivity (Wildman–Crippen MR) is 78.1 cm³/mol. The van der Waals surface area contributed by atoms with E-state index in [1.54, 1.807) is 7.11 Å². The second-order valence-electron chi connectivity index (χ2n) is 4.35. The molecule has 98 valence electrons. The van der Waals surface area contributed by atoms with Gasteiger partial charge in [-0.05, 0) is 23.8 Å². The van der Waals surface area contributed by atoms with Gasteiger partial charge in [0.05, 0.1) is 13.2 Å². The van der Waals surface area contributed by atoms with E-state index in [4.69, 9.17) is 4.74 Å². The maximum atomic E-state index is 5.31. The zero-order valence-electron chi connectivity index (χ0n) is 10.7. The number of piperazine rings is 1. The van der Waals surface area contributed by atoms with Gasteiger partial charge >= 0.3 is 0 Å². The highest BCUT2D eigenvalue weighted by Crippen LogP contribution is 2.32. The average Bonchev–Trinajstić information content (AvgIpc) is 2.43. The van der Waals surface area contributed by atoms with Crippen LogP contribution in [-0.2, 0) is 0 Å². The van der Waals surface area contributed by atoms with Crippen molar-refractivity contribution in [2.45, 2.75) is 6.04 Å². The lowest BCUT2D eigenvalue weighted by molar-refractivity contribution is 0.203. The van der Waals surface area contributed by atoms with E-state index >= 15 is 0 Å². The molecule has 4 heteroatoms. The summed E-state index contributed by atoms with van der Waals surface area (Å²) in [6.45, 7) is 8.14. The fourth-order valence-electron chi connectivity index (χ4n) is 2.31. The van der Waals surface area contributed by atoms with Gasteiger partial charge in [0, 0.05) is 30.7 Å². The fourth-order valence-corrected chi connectivity index (χ4v) is 2.79. The number of rotatable bonds is 4. The van der Waals surface area contributed by atoms with E-state index in [1.807, 2.05) is 18.2 Å². The summed E-state index contributed by atoms with van der Waals surface area (Å²) in [5.74, 6) is 0.884. The molecule has 1 N–H and O–H groups in total. The Morgan fingerprint density at radius 2 is 2.17 bits per heavy atom. The van der Waals surface area contributed by atoms with Gasteiger partial charge in [0.15, 0.2) is 0 Å².